The second-order valence-electron chi connectivity index (χ2n) is 8.43. The van der Waals surface area contributed by atoms with Gasteiger partial charge in [0.05, 0.1) is 0 Å². The molecule has 0 aromatic carbocycles. The highest BCUT2D eigenvalue weighted by Gasteiger charge is 2.53. The van der Waals surface area contributed by atoms with Gasteiger partial charge in [-0.15, -0.1) is 0 Å². The van der Waals surface area contributed by atoms with Crippen molar-refractivity contribution in [2.75, 3.05) is 13.1 Å². The van der Waals surface area contributed by atoms with Crippen molar-refractivity contribution in [1.82, 2.24) is 24.6 Å². The van der Waals surface area contributed by atoms with Gasteiger partial charge in [-0.05, 0) is 44.9 Å². The molecule has 1 saturated heterocycles. The molecule has 8 nitrogen and oxygen atoms in total. The first kappa shape index (κ1) is 17.4. The van der Waals surface area contributed by atoms with Crippen molar-refractivity contribution in [1.29, 1.82) is 0 Å². The Balaban J connectivity index is 1.51. The van der Waals surface area contributed by atoms with E-state index in [0.29, 0.717) is 30.5 Å². The van der Waals surface area contributed by atoms with E-state index in [9.17, 15) is 8.42 Å². The van der Waals surface area contributed by atoms with Crippen molar-refractivity contribution >= 4 is 10.0 Å². The van der Waals surface area contributed by atoms with E-state index >= 15 is 0 Å². The van der Waals surface area contributed by atoms with Gasteiger partial charge in [-0.3, -0.25) is 5.10 Å². The average molecular weight is 391 g/mol. The summed E-state index contributed by atoms with van der Waals surface area (Å²) < 4.78 is 33.5. The molecule has 3 aliphatic rings. The largest absolute Gasteiger partial charge is 0.360 e. The highest BCUT2D eigenvalue weighted by Crippen LogP contribution is 2.54. The zero-order chi connectivity index (χ0) is 18.8. The molecule has 1 aliphatic heterocycles. The Morgan fingerprint density at radius 2 is 1.96 bits per heavy atom. The number of aromatic amines is 1. The minimum Gasteiger partial charge on any atom is -0.360 e. The van der Waals surface area contributed by atoms with Gasteiger partial charge in [-0.25, -0.2) is 13.4 Å². The minimum absolute atomic E-state index is 0.0492. The Hall–Kier alpha value is -1.74. The summed E-state index contributed by atoms with van der Waals surface area (Å²) in [6.45, 7) is 4.31. The Morgan fingerprint density at radius 3 is 2.59 bits per heavy atom. The third-order valence-corrected chi connectivity index (χ3v) is 8.63. The number of nitrogens with zero attached hydrogens (tertiary/aromatic N) is 4. The third-order valence-electron chi connectivity index (χ3n) is 6.57. The molecule has 1 unspecified atom stereocenters. The summed E-state index contributed by atoms with van der Waals surface area (Å²) in [4.78, 5) is 4.98. The zero-order valence-electron chi connectivity index (χ0n) is 15.7. The summed E-state index contributed by atoms with van der Waals surface area (Å²) >= 11 is 0. The molecule has 2 aromatic heterocycles. The molecule has 1 spiro atoms. The number of aryl methyl sites for hydroxylation is 2. The monoisotopic (exact) mass is 391 g/mol. The number of nitrogens with one attached hydrogen (secondary N) is 1. The van der Waals surface area contributed by atoms with E-state index in [4.69, 9.17) is 9.51 Å². The number of sulfonamides is 1. The first-order valence-electron chi connectivity index (χ1n) is 9.76. The molecule has 1 atom stereocenters. The van der Waals surface area contributed by atoms with Crippen LogP contribution < -0.4 is 0 Å². The highest BCUT2D eigenvalue weighted by molar-refractivity contribution is 7.89. The number of hydrogen-bond donors (Lipinski definition) is 1. The normalized spacial score (nSPS) is 25.6. The lowest BCUT2D eigenvalue weighted by Gasteiger charge is -2.28. The Labute approximate surface area is 158 Å². The molecule has 27 heavy (non-hydrogen) atoms. The lowest BCUT2D eigenvalue weighted by atomic mass is 9.76. The quantitative estimate of drug-likeness (QED) is 0.859. The molecule has 3 fully saturated rings. The van der Waals surface area contributed by atoms with Crippen molar-refractivity contribution in [3.8, 4) is 0 Å². The van der Waals surface area contributed by atoms with Crippen LogP contribution in [0, 0.1) is 19.3 Å². The van der Waals surface area contributed by atoms with Gasteiger partial charge in [0, 0.05) is 24.9 Å². The predicted octanol–water partition coefficient (Wildman–Crippen LogP) is 2.64. The number of aromatic nitrogens is 4. The van der Waals surface area contributed by atoms with Crippen molar-refractivity contribution in [3.05, 3.63) is 23.1 Å². The molecule has 3 heterocycles. The maximum atomic E-state index is 13.4. The van der Waals surface area contributed by atoms with Crippen LogP contribution in [0.2, 0.25) is 0 Å². The third kappa shape index (κ3) is 2.66. The van der Waals surface area contributed by atoms with Gasteiger partial charge in [0.25, 0.3) is 0 Å². The molecular weight excluding hydrogens is 366 g/mol. The van der Waals surface area contributed by atoms with Gasteiger partial charge < -0.3 is 4.52 Å². The minimum atomic E-state index is -3.64. The average Bonchev–Trinajstić information content (AvgIpc) is 3.02. The summed E-state index contributed by atoms with van der Waals surface area (Å²) in [5.74, 6) is 2.65. The fourth-order valence-corrected chi connectivity index (χ4v) is 6.85. The van der Waals surface area contributed by atoms with E-state index in [0.717, 1.165) is 50.2 Å². The number of hydrogen-bond acceptors (Lipinski definition) is 6. The van der Waals surface area contributed by atoms with Gasteiger partial charge >= 0.3 is 0 Å². The Morgan fingerprint density at radius 1 is 1.22 bits per heavy atom. The molecule has 0 radical (unpaired) electrons. The van der Waals surface area contributed by atoms with E-state index < -0.39 is 10.0 Å². The van der Waals surface area contributed by atoms with Gasteiger partial charge in [0.1, 0.15) is 16.4 Å². The molecule has 2 aliphatic carbocycles. The summed E-state index contributed by atoms with van der Waals surface area (Å²) in [7, 11) is -3.64. The SMILES string of the molecule is Cc1noc(C)c1S(=O)(=O)N1CC(c2nc(C3CC3)n[nH]2)C2(CCCC2)C1. The Bertz CT molecular complexity index is 950. The van der Waals surface area contributed by atoms with Crippen molar-refractivity contribution in [2.45, 2.75) is 69.1 Å². The van der Waals surface area contributed by atoms with E-state index in [1.54, 1.807) is 18.2 Å². The zero-order valence-corrected chi connectivity index (χ0v) is 16.5. The molecule has 5 rings (SSSR count). The first-order chi connectivity index (χ1) is 12.9. The molecule has 0 bridgehead atoms. The summed E-state index contributed by atoms with van der Waals surface area (Å²) in [6, 6.07) is 0. The maximum absolute atomic E-state index is 13.4. The van der Waals surface area contributed by atoms with Gasteiger partial charge in [0.15, 0.2) is 11.6 Å². The number of rotatable bonds is 4. The van der Waals surface area contributed by atoms with Crippen molar-refractivity contribution in [3.63, 3.8) is 0 Å². The molecule has 1 N–H and O–H groups in total. The molecule has 2 saturated carbocycles. The van der Waals surface area contributed by atoms with Crippen molar-refractivity contribution < 1.29 is 12.9 Å². The van der Waals surface area contributed by atoms with Crippen LogP contribution in [0.3, 0.4) is 0 Å². The van der Waals surface area contributed by atoms with Crippen LogP contribution in [0.15, 0.2) is 9.42 Å². The van der Waals surface area contributed by atoms with Crippen LogP contribution in [0.1, 0.15) is 73.5 Å². The molecular formula is C18H25N5O3S. The fourth-order valence-electron chi connectivity index (χ4n) is 5.01. The summed E-state index contributed by atoms with van der Waals surface area (Å²) in [5.41, 5.74) is 0.374. The van der Waals surface area contributed by atoms with Gasteiger partial charge in [-0.2, -0.15) is 9.40 Å². The first-order valence-corrected chi connectivity index (χ1v) is 11.2. The molecule has 9 heteroatoms. The van der Waals surface area contributed by atoms with Crippen LogP contribution in [0.25, 0.3) is 0 Å². The van der Waals surface area contributed by atoms with E-state index in [2.05, 4.69) is 15.4 Å². The standard InChI is InChI=1S/C18H25N5O3S/c1-11-15(12(2)26-22-11)27(24,25)23-9-14(18(10-23)7-3-4-8-18)17-19-16(20-21-17)13-5-6-13/h13-14H,3-10H2,1-2H3,(H,19,20,21). The maximum Gasteiger partial charge on any atom is 0.248 e. The molecule has 2 aromatic rings. The van der Waals surface area contributed by atoms with Crippen LogP contribution in [0.5, 0.6) is 0 Å². The highest BCUT2D eigenvalue weighted by atomic mass is 32.2. The fraction of sp³-hybridized carbons (Fsp3) is 0.722. The van der Waals surface area contributed by atoms with Gasteiger partial charge in [0.2, 0.25) is 10.0 Å². The van der Waals surface area contributed by atoms with Crippen LogP contribution in [-0.4, -0.2) is 46.2 Å². The van der Waals surface area contributed by atoms with E-state index in [1.165, 1.54) is 0 Å². The summed E-state index contributed by atoms with van der Waals surface area (Å²) in [6.07, 6.45) is 6.65. The smallest absolute Gasteiger partial charge is 0.248 e. The molecule has 146 valence electrons. The number of H-pyrrole nitrogens is 1. The predicted molar refractivity (Wildman–Crippen MR) is 96.7 cm³/mol. The lowest BCUT2D eigenvalue weighted by Crippen LogP contribution is -2.32. The Kier molecular flexibility index (Phi) is 3.78. The molecule has 0 amide bonds. The van der Waals surface area contributed by atoms with E-state index in [-0.39, 0.29) is 16.2 Å². The second kappa shape index (κ2) is 5.88. The second-order valence-corrected chi connectivity index (χ2v) is 10.3. The topological polar surface area (TPSA) is 105 Å². The lowest BCUT2D eigenvalue weighted by molar-refractivity contribution is 0.277. The van der Waals surface area contributed by atoms with E-state index in [1.807, 2.05) is 0 Å². The van der Waals surface area contributed by atoms with Crippen LogP contribution in [-0.2, 0) is 10.0 Å². The summed E-state index contributed by atoms with van der Waals surface area (Å²) in [5, 5.41) is 11.4. The van der Waals surface area contributed by atoms with Gasteiger partial charge in [-0.1, -0.05) is 18.0 Å². The van der Waals surface area contributed by atoms with Crippen LogP contribution in [0.4, 0.5) is 0 Å². The van der Waals surface area contributed by atoms with Crippen molar-refractivity contribution in [2.24, 2.45) is 5.41 Å². The van der Waals surface area contributed by atoms with Crippen LogP contribution >= 0.6 is 0 Å².